The molecular weight excluding hydrogens is 292 g/mol. The number of aryl methyl sites for hydroxylation is 2. The van der Waals surface area contributed by atoms with Gasteiger partial charge in [0.1, 0.15) is 0 Å². The van der Waals surface area contributed by atoms with E-state index in [4.69, 9.17) is 0 Å². The van der Waals surface area contributed by atoms with E-state index in [0.29, 0.717) is 17.1 Å². The standard InChI is InChI=1S/C14H18N2O2S2/c1-10-4-5-14(11(2)6-10)16-20(17,18)13-7-12(8-15-3)19-9-13/h4-7,9,15-16H,8H2,1-3H3. The molecule has 0 aliphatic heterocycles. The van der Waals surface area contributed by atoms with Crippen molar-refractivity contribution in [2.24, 2.45) is 0 Å². The summed E-state index contributed by atoms with van der Waals surface area (Å²) < 4.78 is 27.3. The molecule has 0 saturated heterocycles. The van der Waals surface area contributed by atoms with E-state index in [2.05, 4.69) is 10.0 Å². The molecular formula is C14H18N2O2S2. The predicted octanol–water partition coefficient (Wildman–Crippen LogP) is 2.89. The fourth-order valence-corrected chi connectivity index (χ4v) is 4.32. The molecule has 1 heterocycles. The number of thiophene rings is 1. The zero-order chi connectivity index (χ0) is 14.8. The molecule has 0 fully saturated rings. The van der Waals surface area contributed by atoms with Gasteiger partial charge in [0.25, 0.3) is 10.0 Å². The number of hydrogen-bond donors (Lipinski definition) is 2. The second-order valence-electron chi connectivity index (χ2n) is 4.70. The van der Waals surface area contributed by atoms with Gasteiger partial charge in [0.2, 0.25) is 0 Å². The molecule has 0 atom stereocenters. The van der Waals surface area contributed by atoms with Gasteiger partial charge in [-0.25, -0.2) is 8.42 Å². The highest BCUT2D eigenvalue weighted by molar-refractivity contribution is 7.92. The Morgan fingerprint density at radius 3 is 2.60 bits per heavy atom. The molecule has 2 rings (SSSR count). The van der Waals surface area contributed by atoms with Gasteiger partial charge in [0, 0.05) is 16.8 Å². The van der Waals surface area contributed by atoms with Crippen LogP contribution in [0, 0.1) is 13.8 Å². The summed E-state index contributed by atoms with van der Waals surface area (Å²) in [6.45, 7) is 4.54. The first-order chi connectivity index (χ1) is 9.42. The lowest BCUT2D eigenvalue weighted by Gasteiger charge is -2.10. The molecule has 0 bridgehead atoms. The van der Waals surface area contributed by atoms with Crippen LogP contribution in [0.4, 0.5) is 5.69 Å². The number of sulfonamides is 1. The summed E-state index contributed by atoms with van der Waals surface area (Å²) in [5.41, 5.74) is 2.65. The first kappa shape index (κ1) is 15.0. The van der Waals surface area contributed by atoms with Crippen molar-refractivity contribution in [3.05, 3.63) is 45.6 Å². The van der Waals surface area contributed by atoms with E-state index in [1.54, 1.807) is 17.5 Å². The van der Waals surface area contributed by atoms with Gasteiger partial charge < -0.3 is 5.32 Å². The third kappa shape index (κ3) is 3.39. The monoisotopic (exact) mass is 310 g/mol. The maximum atomic E-state index is 12.3. The van der Waals surface area contributed by atoms with Crippen LogP contribution in [0.15, 0.2) is 34.5 Å². The quantitative estimate of drug-likeness (QED) is 0.893. The smallest absolute Gasteiger partial charge is 0.262 e. The van der Waals surface area contributed by atoms with Crippen molar-refractivity contribution in [3.8, 4) is 0 Å². The Labute approximate surface area is 123 Å². The van der Waals surface area contributed by atoms with Crippen molar-refractivity contribution in [1.29, 1.82) is 0 Å². The van der Waals surface area contributed by atoms with E-state index < -0.39 is 10.0 Å². The van der Waals surface area contributed by atoms with E-state index in [1.165, 1.54) is 11.3 Å². The Morgan fingerprint density at radius 1 is 1.20 bits per heavy atom. The Hall–Kier alpha value is -1.37. The van der Waals surface area contributed by atoms with Gasteiger partial charge in [-0.15, -0.1) is 11.3 Å². The van der Waals surface area contributed by atoms with Gasteiger partial charge >= 0.3 is 0 Å². The van der Waals surface area contributed by atoms with Crippen LogP contribution in [0.5, 0.6) is 0 Å². The van der Waals surface area contributed by atoms with Crippen molar-refractivity contribution in [2.75, 3.05) is 11.8 Å². The van der Waals surface area contributed by atoms with Crippen LogP contribution in [0.25, 0.3) is 0 Å². The molecule has 0 aliphatic carbocycles. The SMILES string of the molecule is CNCc1cc(S(=O)(=O)Nc2ccc(C)cc2C)cs1. The molecule has 0 saturated carbocycles. The largest absolute Gasteiger partial charge is 0.315 e. The first-order valence-corrected chi connectivity index (χ1v) is 8.61. The summed E-state index contributed by atoms with van der Waals surface area (Å²) in [5.74, 6) is 0. The number of nitrogens with one attached hydrogen (secondary N) is 2. The van der Waals surface area contributed by atoms with Crippen molar-refractivity contribution in [1.82, 2.24) is 5.32 Å². The molecule has 0 spiro atoms. The maximum Gasteiger partial charge on any atom is 0.262 e. The van der Waals surface area contributed by atoms with Crippen molar-refractivity contribution < 1.29 is 8.42 Å². The Morgan fingerprint density at radius 2 is 1.95 bits per heavy atom. The molecule has 0 aliphatic rings. The normalized spacial score (nSPS) is 11.6. The summed E-state index contributed by atoms with van der Waals surface area (Å²) in [5, 5.41) is 4.67. The fourth-order valence-electron chi connectivity index (χ4n) is 1.90. The van der Waals surface area contributed by atoms with E-state index in [1.807, 2.05) is 33.0 Å². The average Bonchev–Trinajstić information content (AvgIpc) is 2.83. The third-order valence-corrected chi connectivity index (χ3v) is 5.35. The van der Waals surface area contributed by atoms with Crippen LogP contribution in [0.1, 0.15) is 16.0 Å². The van der Waals surface area contributed by atoms with E-state index in [9.17, 15) is 8.42 Å². The highest BCUT2D eigenvalue weighted by atomic mass is 32.2. The van der Waals surface area contributed by atoms with E-state index in [-0.39, 0.29) is 0 Å². The summed E-state index contributed by atoms with van der Waals surface area (Å²) in [6.07, 6.45) is 0. The second kappa shape index (κ2) is 5.95. The van der Waals surface area contributed by atoms with E-state index >= 15 is 0 Å². The number of rotatable bonds is 5. The van der Waals surface area contributed by atoms with Crippen LogP contribution in [0.3, 0.4) is 0 Å². The zero-order valence-corrected chi connectivity index (χ0v) is 13.4. The van der Waals surface area contributed by atoms with Gasteiger partial charge in [0.05, 0.1) is 10.6 Å². The summed E-state index contributed by atoms with van der Waals surface area (Å²) in [7, 11) is -1.68. The summed E-state index contributed by atoms with van der Waals surface area (Å²) >= 11 is 1.44. The summed E-state index contributed by atoms with van der Waals surface area (Å²) in [4.78, 5) is 1.31. The Bertz CT molecular complexity index is 706. The fraction of sp³-hybridized carbons (Fsp3) is 0.286. The second-order valence-corrected chi connectivity index (χ2v) is 7.38. The lowest BCUT2D eigenvalue weighted by molar-refractivity contribution is 0.601. The molecule has 4 nitrogen and oxygen atoms in total. The topological polar surface area (TPSA) is 58.2 Å². The van der Waals surface area contributed by atoms with Gasteiger partial charge in [-0.05, 0) is 38.6 Å². The lowest BCUT2D eigenvalue weighted by Crippen LogP contribution is -2.13. The minimum atomic E-state index is -3.51. The van der Waals surface area contributed by atoms with Crippen LogP contribution < -0.4 is 10.0 Å². The molecule has 0 radical (unpaired) electrons. The molecule has 0 unspecified atom stereocenters. The molecule has 0 amide bonds. The van der Waals surface area contributed by atoms with Gasteiger partial charge in [0.15, 0.2) is 0 Å². The van der Waals surface area contributed by atoms with Crippen molar-refractivity contribution >= 4 is 27.0 Å². The molecule has 6 heteroatoms. The minimum Gasteiger partial charge on any atom is -0.315 e. The highest BCUT2D eigenvalue weighted by Gasteiger charge is 2.17. The van der Waals surface area contributed by atoms with Crippen molar-refractivity contribution in [2.45, 2.75) is 25.3 Å². The number of hydrogen-bond acceptors (Lipinski definition) is 4. The average molecular weight is 310 g/mol. The molecule has 2 aromatic rings. The van der Waals surface area contributed by atoms with E-state index in [0.717, 1.165) is 16.0 Å². The number of benzene rings is 1. The van der Waals surface area contributed by atoms with Gasteiger partial charge in [-0.2, -0.15) is 0 Å². The molecule has 108 valence electrons. The maximum absolute atomic E-state index is 12.3. The lowest BCUT2D eigenvalue weighted by atomic mass is 10.1. The molecule has 1 aromatic heterocycles. The first-order valence-electron chi connectivity index (χ1n) is 6.24. The Kier molecular flexibility index (Phi) is 4.47. The minimum absolute atomic E-state index is 0.313. The van der Waals surface area contributed by atoms with Gasteiger partial charge in [-0.1, -0.05) is 17.7 Å². The number of anilines is 1. The molecule has 1 aromatic carbocycles. The summed E-state index contributed by atoms with van der Waals surface area (Å²) in [6, 6.07) is 7.35. The third-order valence-electron chi connectivity index (χ3n) is 2.92. The Balaban J connectivity index is 2.26. The van der Waals surface area contributed by atoms with Crippen LogP contribution in [-0.2, 0) is 16.6 Å². The van der Waals surface area contributed by atoms with Crippen LogP contribution >= 0.6 is 11.3 Å². The highest BCUT2D eigenvalue weighted by Crippen LogP contribution is 2.24. The predicted molar refractivity (Wildman–Crippen MR) is 83.8 cm³/mol. The molecule has 20 heavy (non-hydrogen) atoms. The van der Waals surface area contributed by atoms with Crippen LogP contribution in [-0.4, -0.2) is 15.5 Å². The zero-order valence-electron chi connectivity index (χ0n) is 11.7. The van der Waals surface area contributed by atoms with Gasteiger partial charge in [-0.3, -0.25) is 4.72 Å². The van der Waals surface area contributed by atoms with Crippen LogP contribution in [0.2, 0.25) is 0 Å². The van der Waals surface area contributed by atoms with Crippen molar-refractivity contribution in [3.63, 3.8) is 0 Å². The molecule has 2 N–H and O–H groups in total.